The van der Waals surface area contributed by atoms with E-state index in [-0.39, 0.29) is 7.43 Å². The van der Waals surface area contributed by atoms with Crippen LogP contribution < -0.4 is 0 Å². The second kappa shape index (κ2) is 6.60. The van der Waals surface area contributed by atoms with Crippen LogP contribution in [-0.2, 0) is 0 Å². The van der Waals surface area contributed by atoms with Crippen molar-refractivity contribution in [1.29, 1.82) is 0 Å². The van der Waals surface area contributed by atoms with Gasteiger partial charge in [0.2, 0.25) is 0 Å². The molecule has 0 saturated carbocycles. The fraction of sp³-hybridized carbons (Fsp3) is 0.174. The van der Waals surface area contributed by atoms with Crippen LogP contribution >= 0.6 is 0 Å². The normalized spacial score (nSPS) is 11.1. The highest BCUT2D eigenvalue weighted by Crippen LogP contribution is 2.37. The number of nitrogens with one attached hydrogen (secondary N) is 1. The van der Waals surface area contributed by atoms with Crippen LogP contribution in [0.5, 0.6) is 0 Å². The van der Waals surface area contributed by atoms with Crippen molar-refractivity contribution in [3.05, 3.63) is 66.1 Å². The summed E-state index contributed by atoms with van der Waals surface area (Å²) in [6.07, 6.45) is 3.74. The molecule has 0 bridgehead atoms. The average molecular weight is 370 g/mol. The summed E-state index contributed by atoms with van der Waals surface area (Å²) < 4.78 is 5.40. The number of nitrogens with zero attached hydrogens (tertiary/aromatic N) is 3. The summed E-state index contributed by atoms with van der Waals surface area (Å²) >= 11 is 0. The van der Waals surface area contributed by atoms with Gasteiger partial charge in [-0.25, -0.2) is 4.98 Å². The van der Waals surface area contributed by atoms with Gasteiger partial charge in [0.1, 0.15) is 11.6 Å². The number of rotatable bonds is 2. The van der Waals surface area contributed by atoms with E-state index in [2.05, 4.69) is 45.5 Å². The Morgan fingerprint density at radius 1 is 1.00 bits per heavy atom. The average Bonchev–Trinajstić information content (AvgIpc) is 3.21. The first-order chi connectivity index (χ1) is 13.1. The number of fused-ring (bicyclic) bond motifs is 2. The minimum Gasteiger partial charge on any atom is -0.361 e. The second-order valence-electron chi connectivity index (χ2n) is 6.84. The number of aryl methyl sites for hydroxylation is 3. The van der Waals surface area contributed by atoms with Crippen molar-refractivity contribution in [3.63, 3.8) is 0 Å². The predicted octanol–water partition coefficient (Wildman–Crippen LogP) is 5.99. The molecule has 0 spiro atoms. The third-order valence-corrected chi connectivity index (χ3v) is 5.00. The molecular weight excluding hydrogens is 348 g/mol. The van der Waals surface area contributed by atoms with Crippen molar-refractivity contribution in [1.82, 2.24) is 20.1 Å². The van der Waals surface area contributed by atoms with Crippen LogP contribution in [0.2, 0.25) is 0 Å². The Morgan fingerprint density at radius 2 is 1.86 bits per heavy atom. The first-order valence-electron chi connectivity index (χ1n) is 8.88. The predicted molar refractivity (Wildman–Crippen MR) is 113 cm³/mol. The van der Waals surface area contributed by atoms with Gasteiger partial charge in [0, 0.05) is 28.9 Å². The van der Waals surface area contributed by atoms with Gasteiger partial charge in [0.15, 0.2) is 0 Å². The van der Waals surface area contributed by atoms with Crippen LogP contribution in [0.15, 0.2) is 53.3 Å². The van der Waals surface area contributed by atoms with Gasteiger partial charge < -0.3 is 9.51 Å². The van der Waals surface area contributed by atoms with E-state index in [1.165, 1.54) is 0 Å². The largest absolute Gasteiger partial charge is 0.361 e. The topological polar surface area (TPSA) is 67.6 Å². The van der Waals surface area contributed by atoms with Gasteiger partial charge in [0.25, 0.3) is 0 Å². The lowest BCUT2D eigenvalue weighted by Gasteiger charge is -2.10. The fourth-order valence-corrected chi connectivity index (χ4v) is 3.83. The SMILES string of the molecule is C.Cc1nc2c(-c3cccc4ccncc34)cc(-c3c(C)noc3C)cc2[nH]1. The third kappa shape index (κ3) is 2.67. The van der Waals surface area contributed by atoms with Gasteiger partial charge >= 0.3 is 0 Å². The molecule has 1 N–H and O–H groups in total. The first kappa shape index (κ1) is 17.9. The molecule has 0 radical (unpaired) electrons. The van der Waals surface area contributed by atoms with Crippen molar-refractivity contribution >= 4 is 21.8 Å². The molecule has 2 aromatic carbocycles. The van der Waals surface area contributed by atoms with Crippen molar-refractivity contribution in [2.45, 2.75) is 28.2 Å². The number of hydrogen-bond donors (Lipinski definition) is 1. The van der Waals surface area contributed by atoms with Gasteiger partial charge in [0.05, 0.1) is 16.7 Å². The Balaban J connectivity index is 0.00000192. The summed E-state index contributed by atoms with van der Waals surface area (Å²) in [4.78, 5) is 12.5. The molecule has 5 rings (SSSR count). The molecule has 0 atom stereocenters. The van der Waals surface area contributed by atoms with Gasteiger partial charge in [-0.05, 0) is 55.5 Å². The maximum Gasteiger partial charge on any atom is 0.141 e. The number of hydrogen-bond acceptors (Lipinski definition) is 4. The molecule has 0 aliphatic rings. The number of aromatic amines is 1. The second-order valence-corrected chi connectivity index (χ2v) is 6.84. The highest BCUT2D eigenvalue weighted by Gasteiger charge is 2.17. The van der Waals surface area contributed by atoms with Crippen LogP contribution in [0.4, 0.5) is 0 Å². The van der Waals surface area contributed by atoms with E-state index in [9.17, 15) is 0 Å². The summed E-state index contributed by atoms with van der Waals surface area (Å²) in [5, 5.41) is 6.39. The standard InChI is InChI=1S/C22H18N4O.CH4/c1-12-21(13(2)27-26-12)16-9-18(22-20(10-16)24-14(3)25-22)17-6-4-5-15-7-8-23-11-19(15)17;/h4-11H,1-3H3,(H,24,25);1H4. The van der Waals surface area contributed by atoms with Gasteiger partial charge in [-0.1, -0.05) is 30.8 Å². The van der Waals surface area contributed by atoms with E-state index in [1.54, 1.807) is 0 Å². The summed E-state index contributed by atoms with van der Waals surface area (Å²) in [5.41, 5.74) is 7.13. The van der Waals surface area contributed by atoms with Crippen LogP contribution in [0.3, 0.4) is 0 Å². The van der Waals surface area contributed by atoms with Gasteiger partial charge in [-0.2, -0.15) is 0 Å². The number of imidazole rings is 1. The lowest BCUT2D eigenvalue weighted by atomic mass is 9.94. The molecule has 3 aromatic heterocycles. The minimum atomic E-state index is 0. The van der Waals surface area contributed by atoms with E-state index in [1.807, 2.05) is 39.2 Å². The van der Waals surface area contributed by atoms with E-state index >= 15 is 0 Å². The Morgan fingerprint density at radius 3 is 2.64 bits per heavy atom. The highest BCUT2D eigenvalue weighted by atomic mass is 16.5. The Labute approximate surface area is 163 Å². The maximum absolute atomic E-state index is 5.40. The molecule has 0 amide bonds. The van der Waals surface area contributed by atoms with E-state index in [4.69, 9.17) is 9.51 Å². The molecule has 3 heterocycles. The lowest BCUT2D eigenvalue weighted by Crippen LogP contribution is -1.88. The van der Waals surface area contributed by atoms with Gasteiger partial charge in [-0.3, -0.25) is 4.98 Å². The molecular formula is C23H22N4O. The number of H-pyrrole nitrogens is 1. The monoisotopic (exact) mass is 370 g/mol. The Kier molecular flexibility index (Phi) is 4.23. The number of pyridine rings is 1. The van der Waals surface area contributed by atoms with Crippen molar-refractivity contribution < 1.29 is 4.52 Å². The van der Waals surface area contributed by atoms with E-state index in [0.717, 1.165) is 61.3 Å². The Bertz CT molecular complexity index is 1290. The van der Waals surface area contributed by atoms with Gasteiger partial charge in [-0.15, -0.1) is 0 Å². The molecule has 0 aliphatic heterocycles. The molecule has 0 aliphatic carbocycles. The molecule has 0 fully saturated rings. The zero-order valence-corrected chi connectivity index (χ0v) is 15.4. The summed E-state index contributed by atoms with van der Waals surface area (Å²) in [6.45, 7) is 5.89. The van der Waals surface area contributed by atoms with Crippen LogP contribution in [-0.4, -0.2) is 20.1 Å². The maximum atomic E-state index is 5.40. The molecule has 140 valence electrons. The Hall–Kier alpha value is -3.47. The highest BCUT2D eigenvalue weighted by molar-refractivity contribution is 6.04. The molecule has 28 heavy (non-hydrogen) atoms. The summed E-state index contributed by atoms with van der Waals surface area (Å²) in [7, 11) is 0. The lowest BCUT2D eigenvalue weighted by molar-refractivity contribution is 0.393. The van der Waals surface area contributed by atoms with E-state index in [0.29, 0.717) is 0 Å². The smallest absolute Gasteiger partial charge is 0.141 e. The molecule has 5 aromatic rings. The van der Waals surface area contributed by atoms with Crippen molar-refractivity contribution in [3.8, 4) is 22.3 Å². The zero-order valence-electron chi connectivity index (χ0n) is 15.4. The summed E-state index contributed by atoms with van der Waals surface area (Å²) in [5.74, 6) is 1.70. The number of benzene rings is 2. The quantitative estimate of drug-likeness (QED) is 0.414. The fourth-order valence-electron chi connectivity index (χ4n) is 3.83. The number of aromatic nitrogens is 4. The van der Waals surface area contributed by atoms with Crippen molar-refractivity contribution in [2.75, 3.05) is 0 Å². The molecule has 0 saturated heterocycles. The van der Waals surface area contributed by atoms with Crippen LogP contribution in [0, 0.1) is 20.8 Å². The van der Waals surface area contributed by atoms with Crippen molar-refractivity contribution in [2.24, 2.45) is 0 Å². The van der Waals surface area contributed by atoms with Crippen LogP contribution in [0.25, 0.3) is 44.1 Å². The third-order valence-electron chi connectivity index (χ3n) is 5.00. The zero-order chi connectivity index (χ0) is 18.5. The van der Waals surface area contributed by atoms with Crippen LogP contribution in [0.1, 0.15) is 24.7 Å². The minimum absolute atomic E-state index is 0. The molecule has 5 heteroatoms. The first-order valence-corrected chi connectivity index (χ1v) is 8.88. The molecule has 0 unspecified atom stereocenters. The summed E-state index contributed by atoms with van der Waals surface area (Å²) in [6, 6.07) is 12.6. The van der Waals surface area contributed by atoms with E-state index < -0.39 is 0 Å². The molecule has 5 nitrogen and oxygen atoms in total.